The van der Waals surface area contributed by atoms with Crippen LogP contribution in [0.1, 0.15) is 39.5 Å². The number of hydrogen-bond donors (Lipinski definition) is 2. The maximum atomic E-state index is 10.4. The van der Waals surface area contributed by atoms with Crippen LogP contribution in [-0.2, 0) is 4.79 Å². The maximum Gasteiger partial charge on any atom is 0.320 e. The minimum absolute atomic E-state index is 0.520. The van der Waals surface area contributed by atoms with Gasteiger partial charge in [0, 0.05) is 5.25 Å². The molecule has 0 spiro atoms. The average molecular weight is 219 g/mol. The van der Waals surface area contributed by atoms with E-state index in [0.717, 1.165) is 6.42 Å². The lowest BCUT2D eigenvalue weighted by molar-refractivity contribution is -0.138. The number of hydrogen-bond acceptors (Lipinski definition) is 3. The number of rotatable bonds is 8. The normalized spacial score (nSPS) is 15.1. The summed E-state index contributed by atoms with van der Waals surface area (Å²) in [5, 5.41) is 9.10. The van der Waals surface area contributed by atoms with E-state index in [-0.39, 0.29) is 0 Å². The van der Waals surface area contributed by atoms with E-state index < -0.39 is 12.0 Å². The number of carboxylic acid groups (broad SMARTS) is 1. The SMILES string of the molecule is CCCCSC(C)CCC(N)C(=O)O. The van der Waals surface area contributed by atoms with E-state index in [1.54, 1.807) is 0 Å². The first kappa shape index (κ1) is 13.8. The van der Waals surface area contributed by atoms with E-state index in [1.165, 1.54) is 18.6 Å². The van der Waals surface area contributed by atoms with Crippen LogP contribution < -0.4 is 5.73 Å². The Balaban J connectivity index is 3.43. The van der Waals surface area contributed by atoms with Crippen LogP contribution in [0.15, 0.2) is 0 Å². The summed E-state index contributed by atoms with van der Waals surface area (Å²) in [6.07, 6.45) is 3.92. The van der Waals surface area contributed by atoms with Gasteiger partial charge in [0.25, 0.3) is 0 Å². The molecule has 0 saturated heterocycles. The fourth-order valence-electron chi connectivity index (χ4n) is 1.05. The van der Waals surface area contributed by atoms with Crippen LogP contribution in [0, 0.1) is 0 Å². The molecule has 0 fully saturated rings. The highest BCUT2D eigenvalue weighted by Gasteiger charge is 2.12. The molecule has 84 valence electrons. The van der Waals surface area contributed by atoms with Crippen molar-refractivity contribution in [1.29, 1.82) is 0 Å². The third kappa shape index (κ3) is 7.21. The molecule has 0 saturated carbocycles. The monoisotopic (exact) mass is 219 g/mol. The molecule has 14 heavy (non-hydrogen) atoms. The van der Waals surface area contributed by atoms with Gasteiger partial charge in [-0.25, -0.2) is 0 Å². The fraction of sp³-hybridized carbons (Fsp3) is 0.900. The molecule has 0 bridgehead atoms. The van der Waals surface area contributed by atoms with E-state index in [0.29, 0.717) is 11.7 Å². The van der Waals surface area contributed by atoms with Crippen molar-refractivity contribution in [3.63, 3.8) is 0 Å². The quantitative estimate of drug-likeness (QED) is 0.614. The van der Waals surface area contributed by atoms with Gasteiger partial charge in [-0.1, -0.05) is 20.3 Å². The van der Waals surface area contributed by atoms with Gasteiger partial charge in [-0.05, 0) is 25.0 Å². The highest BCUT2D eigenvalue weighted by atomic mass is 32.2. The van der Waals surface area contributed by atoms with Crippen LogP contribution in [0.3, 0.4) is 0 Å². The van der Waals surface area contributed by atoms with Crippen LogP contribution in [0.2, 0.25) is 0 Å². The molecule has 0 heterocycles. The second-order valence-corrected chi connectivity index (χ2v) is 5.10. The van der Waals surface area contributed by atoms with Crippen molar-refractivity contribution in [2.75, 3.05) is 5.75 Å². The number of carbonyl (C=O) groups is 1. The predicted molar refractivity (Wildman–Crippen MR) is 61.7 cm³/mol. The molecule has 0 amide bonds. The lowest BCUT2D eigenvalue weighted by Gasteiger charge is -2.12. The van der Waals surface area contributed by atoms with Gasteiger partial charge < -0.3 is 10.8 Å². The lowest BCUT2D eigenvalue weighted by atomic mass is 10.1. The van der Waals surface area contributed by atoms with E-state index in [9.17, 15) is 4.79 Å². The second kappa shape index (κ2) is 8.12. The first-order valence-corrected chi connectivity index (χ1v) is 6.22. The van der Waals surface area contributed by atoms with Crippen molar-refractivity contribution in [2.24, 2.45) is 5.73 Å². The standard InChI is InChI=1S/C10H21NO2S/c1-3-4-7-14-8(2)5-6-9(11)10(12)13/h8-9H,3-7,11H2,1-2H3,(H,12,13). The maximum absolute atomic E-state index is 10.4. The summed E-state index contributed by atoms with van der Waals surface area (Å²) in [7, 11) is 0. The predicted octanol–water partition coefficient (Wildman–Crippen LogP) is 2.10. The van der Waals surface area contributed by atoms with Crippen LogP contribution in [0.5, 0.6) is 0 Å². The van der Waals surface area contributed by atoms with Gasteiger partial charge in [-0.15, -0.1) is 0 Å². The van der Waals surface area contributed by atoms with E-state index in [1.807, 2.05) is 11.8 Å². The van der Waals surface area contributed by atoms with Crippen LogP contribution in [0.4, 0.5) is 0 Å². The fourth-order valence-corrected chi connectivity index (χ4v) is 2.21. The Labute approximate surface area is 90.4 Å². The minimum Gasteiger partial charge on any atom is -0.480 e. The van der Waals surface area contributed by atoms with Crippen LogP contribution in [0.25, 0.3) is 0 Å². The molecule has 3 N–H and O–H groups in total. The minimum atomic E-state index is -0.893. The number of carboxylic acids is 1. The first-order valence-electron chi connectivity index (χ1n) is 5.18. The van der Waals surface area contributed by atoms with Gasteiger partial charge in [-0.2, -0.15) is 11.8 Å². The summed E-state index contributed by atoms with van der Waals surface area (Å²) in [5.74, 6) is 0.274. The molecule has 0 aliphatic carbocycles. The van der Waals surface area contributed by atoms with Gasteiger partial charge in [0.1, 0.15) is 6.04 Å². The molecular formula is C10H21NO2S. The van der Waals surface area contributed by atoms with Crippen molar-refractivity contribution in [2.45, 2.75) is 50.8 Å². The zero-order chi connectivity index (χ0) is 11.0. The first-order chi connectivity index (χ1) is 6.57. The highest BCUT2D eigenvalue weighted by Crippen LogP contribution is 2.17. The molecular weight excluding hydrogens is 198 g/mol. The molecule has 2 atom stereocenters. The van der Waals surface area contributed by atoms with Crippen molar-refractivity contribution >= 4 is 17.7 Å². The van der Waals surface area contributed by atoms with E-state index >= 15 is 0 Å². The molecule has 0 rings (SSSR count). The Morgan fingerprint density at radius 2 is 2.14 bits per heavy atom. The number of nitrogens with two attached hydrogens (primary N) is 1. The number of thioether (sulfide) groups is 1. The van der Waals surface area contributed by atoms with Gasteiger partial charge in [0.2, 0.25) is 0 Å². The summed E-state index contributed by atoms with van der Waals surface area (Å²) >= 11 is 1.91. The molecule has 0 radical (unpaired) electrons. The molecule has 0 aromatic carbocycles. The van der Waals surface area contributed by atoms with Crippen molar-refractivity contribution in [3.8, 4) is 0 Å². The zero-order valence-corrected chi connectivity index (χ0v) is 9.85. The molecule has 0 aliphatic heterocycles. The summed E-state index contributed by atoms with van der Waals surface area (Å²) in [6, 6.07) is -0.691. The van der Waals surface area contributed by atoms with Gasteiger partial charge in [0.15, 0.2) is 0 Å². The summed E-state index contributed by atoms with van der Waals surface area (Å²) in [4.78, 5) is 10.4. The molecule has 0 aromatic heterocycles. The third-order valence-corrected chi connectivity index (χ3v) is 3.43. The Bertz CT molecular complexity index is 164. The molecule has 3 nitrogen and oxygen atoms in total. The molecule has 4 heteroatoms. The van der Waals surface area contributed by atoms with Gasteiger partial charge in [-0.3, -0.25) is 4.79 Å². The summed E-state index contributed by atoms with van der Waals surface area (Å²) in [5.41, 5.74) is 5.41. The molecule has 2 unspecified atom stereocenters. The Morgan fingerprint density at radius 3 is 2.64 bits per heavy atom. The van der Waals surface area contributed by atoms with Crippen LogP contribution >= 0.6 is 11.8 Å². The molecule has 0 aromatic rings. The summed E-state index contributed by atoms with van der Waals surface area (Å²) in [6.45, 7) is 4.31. The summed E-state index contributed by atoms with van der Waals surface area (Å²) < 4.78 is 0. The topological polar surface area (TPSA) is 63.3 Å². The largest absolute Gasteiger partial charge is 0.480 e. The third-order valence-electron chi connectivity index (χ3n) is 2.10. The van der Waals surface area contributed by atoms with E-state index in [4.69, 9.17) is 10.8 Å². The number of aliphatic carboxylic acids is 1. The van der Waals surface area contributed by atoms with Gasteiger partial charge in [0.05, 0.1) is 0 Å². The van der Waals surface area contributed by atoms with Crippen LogP contribution in [-0.4, -0.2) is 28.1 Å². The van der Waals surface area contributed by atoms with Crippen molar-refractivity contribution < 1.29 is 9.90 Å². The Hall–Kier alpha value is -0.220. The average Bonchev–Trinajstić information content (AvgIpc) is 2.14. The smallest absolute Gasteiger partial charge is 0.320 e. The van der Waals surface area contributed by atoms with Crippen molar-refractivity contribution in [3.05, 3.63) is 0 Å². The van der Waals surface area contributed by atoms with Gasteiger partial charge >= 0.3 is 5.97 Å². The Kier molecular flexibility index (Phi) is 7.99. The number of unbranched alkanes of at least 4 members (excludes halogenated alkanes) is 1. The highest BCUT2D eigenvalue weighted by molar-refractivity contribution is 7.99. The van der Waals surface area contributed by atoms with Crippen molar-refractivity contribution in [1.82, 2.24) is 0 Å². The van der Waals surface area contributed by atoms with E-state index in [2.05, 4.69) is 13.8 Å². The zero-order valence-electron chi connectivity index (χ0n) is 9.03. The molecule has 0 aliphatic rings. The second-order valence-electron chi connectivity index (χ2n) is 3.56. The lowest BCUT2D eigenvalue weighted by Crippen LogP contribution is -2.30. The Morgan fingerprint density at radius 1 is 1.50 bits per heavy atom.